The summed E-state index contributed by atoms with van der Waals surface area (Å²) in [6, 6.07) is 8.13. The van der Waals surface area contributed by atoms with Crippen LogP contribution in [0.2, 0.25) is 0 Å². The third-order valence-corrected chi connectivity index (χ3v) is 3.46. The lowest BCUT2D eigenvalue weighted by atomic mass is 10.1. The van der Waals surface area contributed by atoms with Gasteiger partial charge in [-0.2, -0.15) is 0 Å². The van der Waals surface area contributed by atoms with Crippen LogP contribution in [0.15, 0.2) is 35.7 Å². The second-order valence-electron chi connectivity index (χ2n) is 3.94. The zero-order valence-corrected chi connectivity index (χ0v) is 10.7. The van der Waals surface area contributed by atoms with E-state index in [2.05, 4.69) is 0 Å². The van der Waals surface area contributed by atoms with Crippen LogP contribution in [0.25, 0.3) is 0 Å². The van der Waals surface area contributed by atoms with E-state index in [9.17, 15) is 9.18 Å². The molecule has 0 saturated carbocycles. The minimum absolute atomic E-state index is 0.0967. The highest BCUT2D eigenvalue weighted by Gasteiger charge is 2.17. The molecule has 5 heteroatoms. The highest BCUT2D eigenvalue weighted by molar-refractivity contribution is 7.09. The summed E-state index contributed by atoms with van der Waals surface area (Å²) in [5, 5.41) is 1.95. The van der Waals surface area contributed by atoms with Crippen LogP contribution in [-0.4, -0.2) is 17.9 Å². The number of thiophene rings is 1. The molecule has 0 saturated heterocycles. The Bertz CT molecular complexity index is 554. The molecule has 0 aliphatic rings. The first-order valence-corrected chi connectivity index (χ1v) is 6.29. The Balaban J connectivity index is 2.18. The zero-order chi connectivity index (χ0) is 13.1. The van der Waals surface area contributed by atoms with E-state index in [0.29, 0.717) is 6.54 Å². The molecule has 0 bridgehead atoms. The molecule has 2 rings (SSSR count). The number of anilines is 1. The van der Waals surface area contributed by atoms with E-state index in [-0.39, 0.29) is 17.2 Å². The number of carbonyl (C=O) groups excluding carboxylic acids is 1. The normalized spacial score (nSPS) is 10.3. The van der Waals surface area contributed by atoms with Gasteiger partial charge in [0, 0.05) is 11.9 Å². The van der Waals surface area contributed by atoms with Crippen molar-refractivity contribution in [1.82, 2.24) is 4.90 Å². The van der Waals surface area contributed by atoms with Crippen LogP contribution in [0.4, 0.5) is 10.1 Å². The molecule has 0 aliphatic heterocycles. The van der Waals surface area contributed by atoms with Crippen molar-refractivity contribution < 1.29 is 9.18 Å². The number of nitrogens with two attached hydrogens (primary N) is 1. The van der Waals surface area contributed by atoms with Crippen LogP contribution >= 0.6 is 11.3 Å². The monoisotopic (exact) mass is 264 g/mol. The summed E-state index contributed by atoms with van der Waals surface area (Å²) in [4.78, 5) is 14.7. The van der Waals surface area contributed by atoms with Gasteiger partial charge in [-0.25, -0.2) is 4.39 Å². The Hall–Kier alpha value is -1.88. The number of carbonyl (C=O) groups is 1. The molecule has 94 valence electrons. The second kappa shape index (κ2) is 5.18. The lowest BCUT2D eigenvalue weighted by molar-refractivity contribution is 0.0787. The predicted molar refractivity (Wildman–Crippen MR) is 70.9 cm³/mol. The molecule has 2 N–H and O–H groups in total. The molecule has 0 unspecified atom stereocenters. The SMILES string of the molecule is CN(Cc1cccs1)C(=O)c1cccc(F)c1N. The summed E-state index contributed by atoms with van der Waals surface area (Å²) in [7, 11) is 1.67. The molecule has 1 aromatic heterocycles. The summed E-state index contributed by atoms with van der Waals surface area (Å²) >= 11 is 1.57. The van der Waals surface area contributed by atoms with Gasteiger partial charge in [-0.1, -0.05) is 12.1 Å². The number of nitrogens with zero attached hydrogens (tertiary/aromatic N) is 1. The van der Waals surface area contributed by atoms with E-state index in [1.165, 1.54) is 23.1 Å². The molecule has 0 fully saturated rings. The number of halogens is 1. The van der Waals surface area contributed by atoms with Gasteiger partial charge in [0.1, 0.15) is 5.82 Å². The fourth-order valence-electron chi connectivity index (χ4n) is 1.64. The van der Waals surface area contributed by atoms with E-state index in [1.54, 1.807) is 18.4 Å². The molecular weight excluding hydrogens is 251 g/mol. The molecule has 1 heterocycles. The molecule has 0 spiro atoms. The number of benzene rings is 1. The maximum atomic E-state index is 13.3. The van der Waals surface area contributed by atoms with E-state index >= 15 is 0 Å². The van der Waals surface area contributed by atoms with Crippen LogP contribution in [0.3, 0.4) is 0 Å². The summed E-state index contributed by atoms with van der Waals surface area (Å²) in [6.07, 6.45) is 0. The highest BCUT2D eigenvalue weighted by atomic mass is 32.1. The smallest absolute Gasteiger partial charge is 0.256 e. The predicted octanol–water partition coefficient (Wildman–Crippen LogP) is 2.74. The summed E-state index contributed by atoms with van der Waals surface area (Å²) < 4.78 is 13.3. The number of hydrogen-bond acceptors (Lipinski definition) is 3. The van der Waals surface area contributed by atoms with Crippen LogP contribution in [0.5, 0.6) is 0 Å². The molecule has 1 aromatic carbocycles. The van der Waals surface area contributed by atoms with Crippen molar-refractivity contribution in [3.63, 3.8) is 0 Å². The maximum Gasteiger partial charge on any atom is 0.256 e. The Morgan fingerprint density at radius 2 is 2.17 bits per heavy atom. The van der Waals surface area contributed by atoms with Crippen LogP contribution in [0.1, 0.15) is 15.2 Å². The average molecular weight is 264 g/mol. The number of para-hydroxylation sites is 1. The van der Waals surface area contributed by atoms with Gasteiger partial charge in [0.25, 0.3) is 5.91 Å². The lowest BCUT2D eigenvalue weighted by Gasteiger charge is -2.17. The van der Waals surface area contributed by atoms with Crippen molar-refractivity contribution in [3.05, 3.63) is 52.0 Å². The van der Waals surface area contributed by atoms with Crippen molar-refractivity contribution in [1.29, 1.82) is 0 Å². The van der Waals surface area contributed by atoms with Gasteiger partial charge in [-0.05, 0) is 23.6 Å². The zero-order valence-electron chi connectivity index (χ0n) is 9.89. The fraction of sp³-hybridized carbons (Fsp3) is 0.154. The number of hydrogen-bond donors (Lipinski definition) is 1. The van der Waals surface area contributed by atoms with Crippen molar-refractivity contribution in [2.75, 3.05) is 12.8 Å². The van der Waals surface area contributed by atoms with Gasteiger partial charge in [0.15, 0.2) is 0 Å². The summed E-state index contributed by atoms with van der Waals surface area (Å²) in [5.74, 6) is -0.842. The molecule has 18 heavy (non-hydrogen) atoms. The first kappa shape index (κ1) is 12.6. The standard InChI is InChI=1S/C13H13FN2OS/c1-16(8-9-4-3-7-18-9)13(17)10-5-2-6-11(14)12(10)15/h2-7H,8,15H2,1H3. The second-order valence-corrected chi connectivity index (χ2v) is 4.97. The Kier molecular flexibility index (Phi) is 3.62. The molecule has 0 atom stereocenters. The topological polar surface area (TPSA) is 46.3 Å². The molecular formula is C13H13FN2OS. The van der Waals surface area contributed by atoms with Crippen molar-refractivity contribution in [2.45, 2.75) is 6.54 Å². The Morgan fingerprint density at radius 3 is 2.83 bits per heavy atom. The third-order valence-electron chi connectivity index (χ3n) is 2.60. The maximum absolute atomic E-state index is 13.3. The van der Waals surface area contributed by atoms with Crippen LogP contribution in [-0.2, 0) is 6.54 Å². The molecule has 0 aliphatic carbocycles. The highest BCUT2D eigenvalue weighted by Crippen LogP contribution is 2.19. The van der Waals surface area contributed by atoms with Gasteiger partial charge in [-0.3, -0.25) is 4.79 Å². The summed E-state index contributed by atoms with van der Waals surface area (Å²) in [5.41, 5.74) is 5.68. The van der Waals surface area contributed by atoms with Crippen LogP contribution < -0.4 is 5.73 Å². The third kappa shape index (κ3) is 2.51. The van der Waals surface area contributed by atoms with Gasteiger partial charge in [0.05, 0.1) is 17.8 Å². The van der Waals surface area contributed by atoms with Crippen molar-refractivity contribution in [2.24, 2.45) is 0 Å². The number of rotatable bonds is 3. The minimum Gasteiger partial charge on any atom is -0.396 e. The molecule has 0 radical (unpaired) electrons. The van der Waals surface area contributed by atoms with Gasteiger partial charge >= 0.3 is 0 Å². The first-order valence-electron chi connectivity index (χ1n) is 5.41. The largest absolute Gasteiger partial charge is 0.396 e. The number of amides is 1. The lowest BCUT2D eigenvalue weighted by Crippen LogP contribution is -2.26. The van der Waals surface area contributed by atoms with E-state index in [0.717, 1.165) is 4.88 Å². The van der Waals surface area contributed by atoms with Gasteiger partial charge < -0.3 is 10.6 Å². The molecule has 3 nitrogen and oxygen atoms in total. The van der Waals surface area contributed by atoms with Gasteiger partial charge in [-0.15, -0.1) is 11.3 Å². The average Bonchev–Trinajstić information content (AvgIpc) is 2.84. The Morgan fingerprint density at radius 1 is 1.39 bits per heavy atom. The van der Waals surface area contributed by atoms with E-state index in [4.69, 9.17) is 5.73 Å². The Labute approximate surface area is 109 Å². The summed E-state index contributed by atoms with van der Waals surface area (Å²) in [6.45, 7) is 0.493. The molecule has 1 amide bonds. The first-order chi connectivity index (χ1) is 8.59. The quantitative estimate of drug-likeness (QED) is 0.866. The van der Waals surface area contributed by atoms with Crippen molar-refractivity contribution >= 4 is 22.9 Å². The van der Waals surface area contributed by atoms with Crippen molar-refractivity contribution in [3.8, 4) is 0 Å². The van der Waals surface area contributed by atoms with E-state index in [1.807, 2.05) is 17.5 Å². The molecule has 2 aromatic rings. The fourth-order valence-corrected chi connectivity index (χ4v) is 2.39. The van der Waals surface area contributed by atoms with Gasteiger partial charge in [0.2, 0.25) is 0 Å². The van der Waals surface area contributed by atoms with E-state index < -0.39 is 5.82 Å². The number of nitrogen functional groups attached to an aromatic ring is 1. The minimum atomic E-state index is -0.564. The van der Waals surface area contributed by atoms with Crippen LogP contribution in [0, 0.1) is 5.82 Å².